The summed E-state index contributed by atoms with van der Waals surface area (Å²) >= 11 is 0. The Hall–Kier alpha value is -2.67. The average Bonchev–Trinajstić information content (AvgIpc) is 3.20. The van der Waals surface area contributed by atoms with Gasteiger partial charge in [-0.25, -0.2) is 5.48 Å². The van der Waals surface area contributed by atoms with Gasteiger partial charge in [0.15, 0.2) is 5.72 Å². The summed E-state index contributed by atoms with van der Waals surface area (Å²) in [5, 5.41) is 15.4. The molecule has 2 heterocycles. The highest BCUT2D eigenvalue weighted by atomic mass is 16.7. The van der Waals surface area contributed by atoms with E-state index >= 15 is 0 Å². The fraction of sp³-hybridized carbons (Fsp3) is 0.286. The second-order valence-electron chi connectivity index (χ2n) is 7.11. The number of amides is 1. The molecular formula is C21H23N3O3. The summed E-state index contributed by atoms with van der Waals surface area (Å²) in [6.07, 6.45) is 3.84. The highest BCUT2D eigenvalue weighted by Crippen LogP contribution is 2.64. The molecule has 27 heavy (non-hydrogen) atoms. The summed E-state index contributed by atoms with van der Waals surface area (Å²) in [5.41, 5.74) is 5.55. The lowest BCUT2D eigenvalue weighted by Gasteiger charge is -2.12. The molecule has 0 aliphatic carbocycles. The number of carbonyl (C=O) groups is 1. The van der Waals surface area contributed by atoms with Gasteiger partial charge in [-0.1, -0.05) is 42.5 Å². The molecule has 2 aromatic carbocycles. The molecule has 2 unspecified atom stereocenters. The van der Waals surface area contributed by atoms with Crippen LogP contribution in [-0.4, -0.2) is 23.4 Å². The summed E-state index contributed by atoms with van der Waals surface area (Å²) in [5.74, 6) is -0.544. The zero-order valence-electron chi connectivity index (χ0n) is 15.2. The summed E-state index contributed by atoms with van der Waals surface area (Å²) < 4.78 is 6.07. The first kappa shape index (κ1) is 17.7. The molecule has 140 valence electrons. The topological polar surface area (TPSA) is 85.9 Å². The van der Waals surface area contributed by atoms with Gasteiger partial charge in [-0.05, 0) is 43.2 Å². The molecule has 0 saturated carbocycles. The molecular weight excluding hydrogens is 342 g/mol. The third kappa shape index (κ3) is 3.23. The van der Waals surface area contributed by atoms with Crippen molar-refractivity contribution < 1.29 is 14.7 Å². The van der Waals surface area contributed by atoms with Crippen LogP contribution in [0.2, 0.25) is 0 Å². The third-order valence-electron chi connectivity index (χ3n) is 5.34. The second kappa shape index (κ2) is 6.81. The Labute approximate surface area is 158 Å². The van der Waals surface area contributed by atoms with Crippen molar-refractivity contribution in [3.05, 3.63) is 71.3 Å². The SMILES string of the molecule is CC12Nc3ccccc3C1(CCNCc1ccc(/C=C/C(=O)NO)cc1)O2. The van der Waals surface area contributed by atoms with Gasteiger partial charge in [0.05, 0.1) is 0 Å². The van der Waals surface area contributed by atoms with E-state index in [9.17, 15) is 4.79 Å². The molecule has 1 fully saturated rings. The van der Waals surface area contributed by atoms with Crippen LogP contribution in [0.1, 0.15) is 30.0 Å². The van der Waals surface area contributed by atoms with Crippen LogP contribution in [0, 0.1) is 0 Å². The zero-order chi connectivity index (χ0) is 18.9. The maximum atomic E-state index is 11.0. The molecule has 2 aliphatic rings. The molecule has 6 heteroatoms. The first-order valence-corrected chi connectivity index (χ1v) is 9.06. The van der Waals surface area contributed by atoms with Crippen LogP contribution in [0.4, 0.5) is 5.69 Å². The minimum Gasteiger partial charge on any atom is -0.355 e. The highest BCUT2D eigenvalue weighted by molar-refractivity contribution is 5.90. The fourth-order valence-electron chi connectivity index (χ4n) is 3.84. The Bertz CT molecular complexity index is 880. The molecule has 0 aromatic heterocycles. The largest absolute Gasteiger partial charge is 0.355 e. The quantitative estimate of drug-likeness (QED) is 0.199. The van der Waals surface area contributed by atoms with Crippen LogP contribution in [0.5, 0.6) is 0 Å². The van der Waals surface area contributed by atoms with E-state index in [1.165, 1.54) is 22.9 Å². The smallest absolute Gasteiger partial charge is 0.267 e. The van der Waals surface area contributed by atoms with E-state index in [0.717, 1.165) is 25.1 Å². The molecule has 1 saturated heterocycles. The number of ether oxygens (including phenoxy) is 1. The van der Waals surface area contributed by atoms with Gasteiger partial charge in [0.2, 0.25) is 0 Å². The Morgan fingerprint density at radius 3 is 2.78 bits per heavy atom. The number of epoxide rings is 1. The van der Waals surface area contributed by atoms with Gasteiger partial charge >= 0.3 is 0 Å². The Morgan fingerprint density at radius 1 is 1.22 bits per heavy atom. The lowest BCUT2D eigenvalue weighted by Crippen LogP contribution is -2.26. The van der Waals surface area contributed by atoms with Gasteiger partial charge in [0, 0.05) is 23.9 Å². The van der Waals surface area contributed by atoms with Crippen LogP contribution in [0.15, 0.2) is 54.6 Å². The van der Waals surface area contributed by atoms with Crippen LogP contribution in [-0.2, 0) is 21.7 Å². The summed E-state index contributed by atoms with van der Waals surface area (Å²) in [6.45, 7) is 3.73. The van der Waals surface area contributed by atoms with Gasteiger partial charge in [-0.15, -0.1) is 0 Å². The van der Waals surface area contributed by atoms with Gasteiger partial charge in [0.1, 0.15) is 5.60 Å². The molecule has 4 rings (SSSR count). The van der Waals surface area contributed by atoms with Crippen molar-refractivity contribution in [1.82, 2.24) is 10.8 Å². The fourth-order valence-corrected chi connectivity index (χ4v) is 3.84. The molecule has 2 aromatic rings. The van der Waals surface area contributed by atoms with Gasteiger partial charge < -0.3 is 15.4 Å². The molecule has 2 aliphatic heterocycles. The summed E-state index contributed by atoms with van der Waals surface area (Å²) in [6, 6.07) is 16.3. The van der Waals surface area contributed by atoms with Gasteiger partial charge in [-0.3, -0.25) is 10.0 Å². The molecule has 4 N–H and O–H groups in total. The number of hydroxylamine groups is 1. The first-order valence-electron chi connectivity index (χ1n) is 9.06. The number of carbonyl (C=O) groups excluding carboxylic acids is 1. The Balaban J connectivity index is 1.29. The number of rotatable bonds is 7. The minimum absolute atomic E-state index is 0.224. The molecule has 2 atom stereocenters. The first-order chi connectivity index (χ1) is 13.1. The minimum atomic E-state index is -0.544. The second-order valence-corrected chi connectivity index (χ2v) is 7.11. The Kier molecular flexibility index (Phi) is 4.47. The lowest BCUT2D eigenvalue weighted by molar-refractivity contribution is -0.124. The average molecular weight is 365 g/mol. The maximum Gasteiger partial charge on any atom is 0.267 e. The number of benzene rings is 2. The number of nitrogens with one attached hydrogen (secondary N) is 3. The molecule has 6 nitrogen and oxygen atoms in total. The molecule has 0 radical (unpaired) electrons. The zero-order valence-corrected chi connectivity index (χ0v) is 15.2. The number of para-hydroxylation sites is 1. The summed E-state index contributed by atoms with van der Waals surface area (Å²) in [7, 11) is 0. The van der Waals surface area contributed by atoms with Crippen molar-refractivity contribution in [3.8, 4) is 0 Å². The van der Waals surface area contributed by atoms with E-state index < -0.39 is 5.91 Å². The molecule has 0 spiro atoms. The number of fused-ring (bicyclic) bond motifs is 3. The van der Waals surface area contributed by atoms with Crippen molar-refractivity contribution in [2.24, 2.45) is 0 Å². The van der Waals surface area contributed by atoms with Gasteiger partial charge in [-0.2, -0.15) is 0 Å². The van der Waals surface area contributed by atoms with E-state index in [-0.39, 0.29) is 11.3 Å². The number of anilines is 1. The predicted octanol–water partition coefficient (Wildman–Crippen LogP) is 2.75. The van der Waals surface area contributed by atoms with E-state index in [1.807, 2.05) is 30.3 Å². The van der Waals surface area contributed by atoms with E-state index in [2.05, 4.69) is 35.8 Å². The maximum absolute atomic E-state index is 11.0. The number of hydrogen-bond acceptors (Lipinski definition) is 5. The lowest BCUT2D eigenvalue weighted by atomic mass is 9.92. The number of hydrogen-bond donors (Lipinski definition) is 4. The Morgan fingerprint density at radius 2 is 2.00 bits per heavy atom. The van der Waals surface area contributed by atoms with E-state index in [1.54, 1.807) is 11.6 Å². The summed E-state index contributed by atoms with van der Waals surface area (Å²) in [4.78, 5) is 11.0. The van der Waals surface area contributed by atoms with Crippen molar-refractivity contribution in [2.75, 3.05) is 11.9 Å². The van der Waals surface area contributed by atoms with Crippen LogP contribution in [0.3, 0.4) is 0 Å². The van der Waals surface area contributed by atoms with Crippen molar-refractivity contribution >= 4 is 17.7 Å². The standard InChI is InChI=1S/C21H23N3O3/c1-20-21(27-20,17-4-2-3-5-18(17)23-20)12-13-22-14-16-8-6-15(7-9-16)10-11-19(25)24-26/h2-11,22-23,26H,12-14H2,1H3,(H,24,25)/b11-10+. The van der Waals surface area contributed by atoms with Gasteiger partial charge in [0.25, 0.3) is 5.91 Å². The van der Waals surface area contributed by atoms with Crippen LogP contribution < -0.4 is 16.1 Å². The molecule has 0 bridgehead atoms. The normalized spacial score (nSPS) is 25.0. The molecule has 1 amide bonds. The monoisotopic (exact) mass is 365 g/mol. The van der Waals surface area contributed by atoms with Crippen molar-refractivity contribution in [2.45, 2.75) is 31.2 Å². The van der Waals surface area contributed by atoms with E-state index in [4.69, 9.17) is 9.94 Å². The van der Waals surface area contributed by atoms with Crippen LogP contribution >= 0.6 is 0 Å². The predicted molar refractivity (Wildman–Crippen MR) is 103 cm³/mol. The van der Waals surface area contributed by atoms with Crippen molar-refractivity contribution in [1.29, 1.82) is 0 Å². The van der Waals surface area contributed by atoms with E-state index in [0.29, 0.717) is 0 Å². The van der Waals surface area contributed by atoms with Crippen molar-refractivity contribution in [3.63, 3.8) is 0 Å². The van der Waals surface area contributed by atoms with Crippen LogP contribution in [0.25, 0.3) is 6.08 Å². The third-order valence-corrected chi connectivity index (χ3v) is 5.34. The highest BCUT2D eigenvalue weighted by Gasteiger charge is 2.72.